The van der Waals surface area contributed by atoms with E-state index in [2.05, 4.69) is 0 Å². The average Bonchev–Trinajstić information content (AvgIpc) is 2.07. The van der Waals surface area contributed by atoms with Crippen molar-refractivity contribution in [3.63, 3.8) is 0 Å². The number of nitrogens with two attached hydrogens (primary N) is 1. The maximum absolute atomic E-state index is 11.7. The number of halogens is 3. The predicted molar refractivity (Wildman–Crippen MR) is 52.2 cm³/mol. The summed E-state index contributed by atoms with van der Waals surface area (Å²) in [7, 11) is 0. The van der Waals surface area contributed by atoms with Crippen LogP contribution in [0.4, 0.5) is 13.2 Å². The van der Waals surface area contributed by atoms with Crippen LogP contribution in [0, 0.1) is 0 Å². The van der Waals surface area contributed by atoms with E-state index < -0.39 is 12.6 Å². The molecule has 0 aliphatic carbocycles. The Hall–Kier alpha value is -0.740. The second kappa shape index (κ2) is 7.54. The van der Waals surface area contributed by atoms with E-state index >= 15 is 0 Å². The van der Waals surface area contributed by atoms with Gasteiger partial charge >= 0.3 is 6.18 Å². The summed E-state index contributed by atoms with van der Waals surface area (Å²) in [4.78, 5) is 10.3. The van der Waals surface area contributed by atoms with Gasteiger partial charge < -0.3 is 5.73 Å². The summed E-state index contributed by atoms with van der Waals surface area (Å²) in [5.41, 5.74) is 4.94. The molecule has 2 nitrogen and oxygen atoms in total. The molecule has 0 saturated carbocycles. The first-order valence-electron chi connectivity index (χ1n) is 5.27. The van der Waals surface area contributed by atoms with Gasteiger partial charge in [-0.1, -0.05) is 25.7 Å². The number of carbonyl (C=O) groups excluding carboxylic acids is 1. The Labute approximate surface area is 88.0 Å². The Morgan fingerprint density at radius 3 is 1.87 bits per heavy atom. The number of unbranched alkanes of at least 4 members (excludes halogenated alkanes) is 5. The molecule has 5 heteroatoms. The number of hydrogen-bond donors (Lipinski definition) is 1. The summed E-state index contributed by atoms with van der Waals surface area (Å²) in [6, 6.07) is 0. The second-order valence-corrected chi connectivity index (χ2v) is 3.70. The Morgan fingerprint density at radius 1 is 0.933 bits per heavy atom. The Balaban J connectivity index is 3.09. The van der Waals surface area contributed by atoms with Gasteiger partial charge in [-0.05, 0) is 12.8 Å². The average molecular weight is 225 g/mol. The third-order valence-corrected chi connectivity index (χ3v) is 2.13. The van der Waals surface area contributed by atoms with Crippen molar-refractivity contribution in [1.82, 2.24) is 0 Å². The number of primary amides is 1. The highest BCUT2D eigenvalue weighted by atomic mass is 19.4. The summed E-state index contributed by atoms with van der Waals surface area (Å²) in [5.74, 6) is -0.313. The molecular weight excluding hydrogens is 207 g/mol. The van der Waals surface area contributed by atoms with E-state index in [-0.39, 0.29) is 12.3 Å². The number of hydrogen-bond acceptors (Lipinski definition) is 1. The van der Waals surface area contributed by atoms with Gasteiger partial charge in [0, 0.05) is 12.8 Å². The Kier molecular flexibility index (Phi) is 7.17. The van der Waals surface area contributed by atoms with E-state index in [4.69, 9.17) is 5.73 Å². The molecule has 0 spiro atoms. The normalized spacial score (nSPS) is 11.7. The lowest BCUT2D eigenvalue weighted by atomic mass is 10.1. The number of rotatable bonds is 8. The molecule has 0 rings (SSSR count). The summed E-state index contributed by atoms with van der Waals surface area (Å²) in [6.45, 7) is 0. The molecule has 0 aliphatic rings. The van der Waals surface area contributed by atoms with E-state index in [9.17, 15) is 18.0 Å². The van der Waals surface area contributed by atoms with Gasteiger partial charge in [0.15, 0.2) is 0 Å². The molecule has 0 unspecified atom stereocenters. The van der Waals surface area contributed by atoms with Gasteiger partial charge in [0.25, 0.3) is 0 Å². The van der Waals surface area contributed by atoms with Gasteiger partial charge in [-0.15, -0.1) is 0 Å². The van der Waals surface area contributed by atoms with Crippen molar-refractivity contribution in [2.24, 2.45) is 5.73 Å². The van der Waals surface area contributed by atoms with Crippen LogP contribution in [-0.2, 0) is 4.79 Å². The first-order valence-corrected chi connectivity index (χ1v) is 5.27. The standard InChI is InChI=1S/C10H18F3NO/c11-10(12,13)8-6-4-2-1-3-5-7-9(14)15/h1-8H2,(H2,14,15). The lowest BCUT2D eigenvalue weighted by Crippen LogP contribution is -2.09. The van der Waals surface area contributed by atoms with Crippen molar-refractivity contribution in [3.05, 3.63) is 0 Å². The zero-order valence-electron chi connectivity index (χ0n) is 8.78. The zero-order valence-corrected chi connectivity index (χ0v) is 8.78. The van der Waals surface area contributed by atoms with Gasteiger partial charge in [0.05, 0.1) is 0 Å². The molecule has 0 bridgehead atoms. The predicted octanol–water partition coefficient (Wildman–Crippen LogP) is 3.15. The second-order valence-electron chi connectivity index (χ2n) is 3.70. The molecule has 2 N–H and O–H groups in total. The minimum atomic E-state index is -4.02. The monoisotopic (exact) mass is 225 g/mol. The highest BCUT2D eigenvalue weighted by Gasteiger charge is 2.25. The Bertz CT molecular complexity index is 180. The van der Waals surface area contributed by atoms with Crippen molar-refractivity contribution in [3.8, 4) is 0 Å². The van der Waals surface area contributed by atoms with Gasteiger partial charge in [0.2, 0.25) is 5.91 Å². The molecule has 0 atom stereocenters. The number of alkyl halides is 3. The van der Waals surface area contributed by atoms with Gasteiger partial charge in [-0.25, -0.2) is 0 Å². The quantitative estimate of drug-likeness (QED) is 0.633. The van der Waals surface area contributed by atoms with Crippen LogP contribution in [0.3, 0.4) is 0 Å². The molecule has 0 heterocycles. The molecule has 0 radical (unpaired) electrons. The third-order valence-electron chi connectivity index (χ3n) is 2.13. The number of carbonyl (C=O) groups is 1. The molecule has 0 saturated heterocycles. The molecule has 1 amide bonds. The highest BCUT2D eigenvalue weighted by molar-refractivity contribution is 5.73. The van der Waals surface area contributed by atoms with Crippen molar-refractivity contribution >= 4 is 5.91 Å². The molecule has 0 aromatic carbocycles. The highest BCUT2D eigenvalue weighted by Crippen LogP contribution is 2.23. The first-order chi connectivity index (χ1) is 6.92. The Morgan fingerprint density at radius 2 is 1.40 bits per heavy atom. The van der Waals surface area contributed by atoms with Crippen LogP contribution in [0.25, 0.3) is 0 Å². The van der Waals surface area contributed by atoms with Crippen molar-refractivity contribution in [2.45, 2.75) is 57.5 Å². The largest absolute Gasteiger partial charge is 0.389 e. The SMILES string of the molecule is NC(=O)CCCCCCCCC(F)(F)F. The number of amides is 1. The van der Waals surface area contributed by atoms with E-state index in [1.54, 1.807) is 0 Å². The van der Waals surface area contributed by atoms with Crippen molar-refractivity contribution < 1.29 is 18.0 Å². The molecule has 0 aromatic rings. The fourth-order valence-electron chi connectivity index (χ4n) is 1.33. The van der Waals surface area contributed by atoms with Crippen LogP contribution in [0.1, 0.15) is 51.4 Å². The summed E-state index contributed by atoms with van der Waals surface area (Å²) < 4.78 is 35.2. The maximum Gasteiger partial charge on any atom is 0.389 e. The van der Waals surface area contributed by atoms with Gasteiger partial charge in [-0.3, -0.25) is 4.79 Å². The summed E-state index contributed by atoms with van der Waals surface area (Å²) in [5, 5.41) is 0. The van der Waals surface area contributed by atoms with E-state index in [1.807, 2.05) is 0 Å². The van der Waals surface area contributed by atoms with Crippen LogP contribution in [0.2, 0.25) is 0 Å². The fraction of sp³-hybridized carbons (Fsp3) is 0.900. The summed E-state index contributed by atoms with van der Waals surface area (Å²) in [6.07, 6.45) is -0.220. The minimum absolute atomic E-state index is 0.208. The van der Waals surface area contributed by atoms with Crippen molar-refractivity contribution in [1.29, 1.82) is 0 Å². The topological polar surface area (TPSA) is 43.1 Å². The van der Waals surface area contributed by atoms with E-state index in [0.717, 1.165) is 25.7 Å². The van der Waals surface area contributed by atoms with Crippen LogP contribution in [0.5, 0.6) is 0 Å². The molecule has 0 fully saturated rings. The minimum Gasteiger partial charge on any atom is -0.370 e. The van der Waals surface area contributed by atoms with E-state index in [1.165, 1.54) is 0 Å². The molecule has 0 aromatic heterocycles. The summed E-state index contributed by atoms with van der Waals surface area (Å²) >= 11 is 0. The van der Waals surface area contributed by atoms with Crippen LogP contribution >= 0.6 is 0 Å². The maximum atomic E-state index is 11.7. The van der Waals surface area contributed by atoms with Crippen LogP contribution in [-0.4, -0.2) is 12.1 Å². The lowest BCUT2D eigenvalue weighted by Gasteiger charge is -2.05. The zero-order chi connectivity index (χ0) is 11.7. The first kappa shape index (κ1) is 14.3. The van der Waals surface area contributed by atoms with Crippen LogP contribution < -0.4 is 5.73 Å². The lowest BCUT2D eigenvalue weighted by molar-refractivity contribution is -0.135. The third kappa shape index (κ3) is 13.3. The molecular formula is C10H18F3NO. The smallest absolute Gasteiger partial charge is 0.370 e. The molecule has 0 aliphatic heterocycles. The van der Waals surface area contributed by atoms with Gasteiger partial charge in [0.1, 0.15) is 0 Å². The molecule has 90 valence electrons. The van der Waals surface area contributed by atoms with Crippen molar-refractivity contribution in [2.75, 3.05) is 0 Å². The molecule has 15 heavy (non-hydrogen) atoms. The fourth-order valence-corrected chi connectivity index (χ4v) is 1.33. The van der Waals surface area contributed by atoms with Crippen LogP contribution in [0.15, 0.2) is 0 Å². The van der Waals surface area contributed by atoms with Gasteiger partial charge in [-0.2, -0.15) is 13.2 Å². The van der Waals surface area contributed by atoms with E-state index in [0.29, 0.717) is 12.8 Å².